The fourth-order valence-corrected chi connectivity index (χ4v) is 6.40. The number of rotatable bonds is 1. The second kappa shape index (κ2) is 6.36. The molecule has 5 unspecified atom stereocenters. The van der Waals surface area contributed by atoms with Gasteiger partial charge in [-0.15, -0.1) is 0 Å². The van der Waals surface area contributed by atoms with Crippen molar-refractivity contribution in [3.8, 4) is 0 Å². The first kappa shape index (κ1) is 17.8. The molecule has 0 N–H and O–H groups in total. The van der Waals surface area contributed by atoms with Crippen molar-refractivity contribution in [2.24, 2.45) is 34.5 Å². The zero-order valence-electron chi connectivity index (χ0n) is 16.4. The molecule has 0 amide bonds. The molecule has 0 aromatic rings. The Balaban J connectivity index is 0.000000815. The minimum Gasteiger partial charge on any atom is -0.0988 e. The summed E-state index contributed by atoms with van der Waals surface area (Å²) in [5.41, 5.74) is 4.03. The fraction of sp³-hybridized carbons (Fsp3) is 0.667. The minimum atomic E-state index is 0.341. The van der Waals surface area contributed by atoms with Crippen molar-refractivity contribution in [3.63, 3.8) is 0 Å². The van der Waals surface area contributed by atoms with Gasteiger partial charge in [-0.1, -0.05) is 77.2 Å². The lowest BCUT2D eigenvalue weighted by atomic mass is 9.47. The van der Waals surface area contributed by atoms with Crippen LogP contribution in [0.1, 0.15) is 66.7 Å². The summed E-state index contributed by atoms with van der Waals surface area (Å²) in [5.74, 6) is 3.24. The van der Waals surface area contributed by atoms with E-state index < -0.39 is 0 Å². The van der Waals surface area contributed by atoms with Crippen LogP contribution in [0.15, 0.2) is 48.1 Å². The quantitative estimate of drug-likeness (QED) is 0.451. The molecule has 2 fully saturated rings. The maximum Gasteiger partial charge on any atom is 0.00938 e. The summed E-state index contributed by atoms with van der Waals surface area (Å²) in [6, 6.07) is 0. The third-order valence-electron chi connectivity index (χ3n) is 7.72. The van der Waals surface area contributed by atoms with E-state index in [0.717, 1.165) is 17.8 Å². The fourth-order valence-electron chi connectivity index (χ4n) is 6.40. The van der Waals surface area contributed by atoms with E-state index in [1.807, 2.05) is 13.8 Å². The van der Waals surface area contributed by atoms with E-state index in [-0.39, 0.29) is 0 Å². The highest BCUT2D eigenvalue weighted by Crippen LogP contribution is 2.64. The Hall–Kier alpha value is -1.04. The molecule has 6 atom stereocenters. The average molecular weight is 325 g/mol. The molecule has 0 aromatic carbocycles. The molecule has 132 valence electrons. The van der Waals surface area contributed by atoms with E-state index >= 15 is 0 Å². The van der Waals surface area contributed by atoms with Crippen molar-refractivity contribution < 1.29 is 0 Å². The first-order chi connectivity index (χ1) is 11.5. The van der Waals surface area contributed by atoms with Crippen LogP contribution in [-0.4, -0.2) is 0 Å². The van der Waals surface area contributed by atoms with Crippen LogP contribution in [0.2, 0.25) is 0 Å². The van der Waals surface area contributed by atoms with Gasteiger partial charge in [0.25, 0.3) is 0 Å². The molecule has 0 spiro atoms. The van der Waals surface area contributed by atoms with Gasteiger partial charge in [-0.05, 0) is 66.8 Å². The molecule has 4 rings (SSSR count). The van der Waals surface area contributed by atoms with Crippen molar-refractivity contribution in [3.05, 3.63) is 48.1 Å². The largest absolute Gasteiger partial charge is 0.0988 e. The summed E-state index contributed by atoms with van der Waals surface area (Å²) in [6.45, 7) is 15.4. The van der Waals surface area contributed by atoms with E-state index in [1.54, 1.807) is 5.57 Å². The predicted molar refractivity (Wildman–Crippen MR) is 106 cm³/mol. The van der Waals surface area contributed by atoms with Gasteiger partial charge < -0.3 is 0 Å². The average Bonchev–Trinajstić information content (AvgIpc) is 2.93. The number of hydrogen-bond acceptors (Lipinski definition) is 0. The van der Waals surface area contributed by atoms with Crippen LogP contribution in [0.3, 0.4) is 0 Å². The molecule has 0 radical (unpaired) electrons. The normalized spacial score (nSPS) is 45.7. The van der Waals surface area contributed by atoms with E-state index in [2.05, 4.69) is 57.7 Å². The second-order valence-corrected chi connectivity index (χ2v) is 8.66. The SMILES string of the molecule is C=CC1=CCC2C3CCC4=C[C@@H](C)C=CC4(C)C3CCC12C.CC. The van der Waals surface area contributed by atoms with Crippen LogP contribution >= 0.6 is 0 Å². The molecule has 0 aromatic heterocycles. The molecule has 2 saturated carbocycles. The first-order valence-corrected chi connectivity index (χ1v) is 10.2. The van der Waals surface area contributed by atoms with Crippen molar-refractivity contribution >= 4 is 0 Å². The van der Waals surface area contributed by atoms with Gasteiger partial charge in [0.15, 0.2) is 0 Å². The predicted octanol–water partition coefficient (Wildman–Crippen LogP) is 7.11. The topological polar surface area (TPSA) is 0 Å². The van der Waals surface area contributed by atoms with Gasteiger partial charge in [0.1, 0.15) is 0 Å². The summed E-state index contributed by atoms with van der Waals surface area (Å²) in [5, 5.41) is 0. The first-order valence-electron chi connectivity index (χ1n) is 10.2. The summed E-state index contributed by atoms with van der Waals surface area (Å²) < 4.78 is 0. The van der Waals surface area contributed by atoms with Crippen molar-refractivity contribution in [1.82, 2.24) is 0 Å². The summed E-state index contributed by atoms with van der Waals surface area (Å²) in [4.78, 5) is 0. The van der Waals surface area contributed by atoms with Crippen LogP contribution < -0.4 is 0 Å². The summed E-state index contributed by atoms with van der Waals surface area (Å²) in [6.07, 6.45) is 19.0. The van der Waals surface area contributed by atoms with Crippen molar-refractivity contribution in [2.45, 2.75) is 66.7 Å². The molecule has 0 aliphatic heterocycles. The third-order valence-corrected chi connectivity index (χ3v) is 7.72. The smallest absolute Gasteiger partial charge is 0.00938 e. The van der Waals surface area contributed by atoms with Crippen LogP contribution in [0.4, 0.5) is 0 Å². The van der Waals surface area contributed by atoms with Gasteiger partial charge in [0.05, 0.1) is 0 Å². The minimum absolute atomic E-state index is 0.341. The molecule has 24 heavy (non-hydrogen) atoms. The van der Waals surface area contributed by atoms with Gasteiger partial charge in [-0.3, -0.25) is 0 Å². The highest BCUT2D eigenvalue weighted by atomic mass is 14.6. The monoisotopic (exact) mass is 324 g/mol. The maximum atomic E-state index is 4.08. The molecule has 4 aliphatic rings. The van der Waals surface area contributed by atoms with Gasteiger partial charge in [0.2, 0.25) is 0 Å². The summed E-state index contributed by atoms with van der Waals surface area (Å²) in [7, 11) is 0. The van der Waals surface area contributed by atoms with Crippen LogP contribution in [0, 0.1) is 34.5 Å². The molecular formula is C24H36. The summed E-state index contributed by atoms with van der Waals surface area (Å²) >= 11 is 0. The molecule has 0 heterocycles. The van der Waals surface area contributed by atoms with E-state index in [9.17, 15) is 0 Å². The Morgan fingerprint density at radius 2 is 1.92 bits per heavy atom. The Morgan fingerprint density at radius 3 is 2.62 bits per heavy atom. The van der Waals surface area contributed by atoms with Crippen LogP contribution in [-0.2, 0) is 0 Å². The Bertz CT molecular complexity index is 589. The van der Waals surface area contributed by atoms with E-state index in [4.69, 9.17) is 0 Å². The Labute approximate surface area is 149 Å². The third kappa shape index (κ3) is 2.40. The van der Waals surface area contributed by atoms with Crippen molar-refractivity contribution in [2.75, 3.05) is 0 Å². The van der Waals surface area contributed by atoms with Gasteiger partial charge >= 0.3 is 0 Å². The molecule has 0 nitrogen and oxygen atoms in total. The molecule has 0 saturated heterocycles. The number of allylic oxidation sites excluding steroid dienone is 7. The second-order valence-electron chi connectivity index (χ2n) is 8.66. The highest BCUT2D eigenvalue weighted by Gasteiger charge is 2.55. The Kier molecular flexibility index (Phi) is 4.71. The number of hydrogen-bond donors (Lipinski definition) is 0. The van der Waals surface area contributed by atoms with Crippen LogP contribution in [0.25, 0.3) is 0 Å². The van der Waals surface area contributed by atoms with Gasteiger partial charge in [0, 0.05) is 5.41 Å². The standard InChI is InChI=1S/C22H30.C2H6/c1-5-16-7-9-19-18-8-6-17-14-15(2)10-12-22(17,4)20(18)11-13-21(16,19)3;1-2/h5,7,10,12,14-15,18-20H,1,6,8-9,11,13H2,2-4H3;1-2H3/t15-,18?,19?,20?,21?,22?;/m0./s1. The zero-order chi connectivity index (χ0) is 17.5. The lowest BCUT2D eigenvalue weighted by molar-refractivity contribution is -0.00511. The molecule has 4 aliphatic carbocycles. The Morgan fingerprint density at radius 1 is 1.17 bits per heavy atom. The maximum absolute atomic E-state index is 4.08. The molecular weight excluding hydrogens is 288 g/mol. The highest BCUT2D eigenvalue weighted by molar-refractivity contribution is 5.36. The molecule has 0 heteroatoms. The van der Waals surface area contributed by atoms with Gasteiger partial charge in [-0.25, -0.2) is 0 Å². The lowest BCUT2D eigenvalue weighted by Gasteiger charge is -2.57. The van der Waals surface area contributed by atoms with Crippen LogP contribution in [0.5, 0.6) is 0 Å². The number of fused-ring (bicyclic) bond motifs is 5. The zero-order valence-corrected chi connectivity index (χ0v) is 16.4. The lowest BCUT2D eigenvalue weighted by Crippen LogP contribution is -2.48. The van der Waals surface area contributed by atoms with E-state index in [1.165, 1.54) is 37.7 Å². The van der Waals surface area contributed by atoms with Gasteiger partial charge in [-0.2, -0.15) is 0 Å². The van der Waals surface area contributed by atoms with Crippen molar-refractivity contribution in [1.29, 1.82) is 0 Å². The van der Waals surface area contributed by atoms with E-state index in [0.29, 0.717) is 16.7 Å². The molecule has 0 bridgehead atoms.